The highest BCUT2D eigenvalue weighted by molar-refractivity contribution is 7.99. The van der Waals surface area contributed by atoms with Gasteiger partial charge in [0.15, 0.2) is 0 Å². The Morgan fingerprint density at radius 3 is 2.90 bits per heavy atom. The standard InChI is InChI=1S/C14H22FN3OS/c1-4-16-13-12(8-11(15)9-17-13)14(19)18-10(3)6-7-20-5-2/h8-10H,4-7H2,1-3H3,(H,16,17)(H,18,19). The van der Waals surface area contributed by atoms with Crippen molar-refractivity contribution in [2.24, 2.45) is 0 Å². The maximum absolute atomic E-state index is 13.3. The summed E-state index contributed by atoms with van der Waals surface area (Å²) in [6.07, 6.45) is 2.00. The molecule has 0 fully saturated rings. The van der Waals surface area contributed by atoms with Gasteiger partial charge in [-0.05, 0) is 37.8 Å². The van der Waals surface area contributed by atoms with Gasteiger partial charge < -0.3 is 10.6 Å². The predicted molar refractivity (Wildman–Crippen MR) is 82.9 cm³/mol. The van der Waals surface area contributed by atoms with Crippen molar-refractivity contribution in [1.29, 1.82) is 0 Å². The van der Waals surface area contributed by atoms with E-state index in [1.54, 1.807) is 0 Å². The minimum absolute atomic E-state index is 0.0549. The van der Waals surface area contributed by atoms with E-state index in [1.807, 2.05) is 25.6 Å². The van der Waals surface area contributed by atoms with Crippen LogP contribution in [-0.4, -0.2) is 35.0 Å². The van der Waals surface area contributed by atoms with Gasteiger partial charge in [0.1, 0.15) is 11.6 Å². The number of amides is 1. The number of hydrogen-bond acceptors (Lipinski definition) is 4. The number of aromatic nitrogens is 1. The molecule has 0 aliphatic heterocycles. The number of halogens is 1. The highest BCUT2D eigenvalue weighted by Crippen LogP contribution is 2.14. The fourth-order valence-corrected chi connectivity index (χ4v) is 2.51. The van der Waals surface area contributed by atoms with E-state index >= 15 is 0 Å². The Morgan fingerprint density at radius 2 is 2.25 bits per heavy atom. The monoisotopic (exact) mass is 299 g/mol. The molecule has 112 valence electrons. The van der Waals surface area contributed by atoms with Crippen LogP contribution in [0, 0.1) is 5.82 Å². The molecule has 0 aliphatic rings. The molecular formula is C14H22FN3OS. The number of pyridine rings is 1. The maximum atomic E-state index is 13.3. The lowest BCUT2D eigenvalue weighted by molar-refractivity contribution is 0.0939. The van der Waals surface area contributed by atoms with Crippen molar-refractivity contribution < 1.29 is 9.18 Å². The van der Waals surface area contributed by atoms with Gasteiger partial charge in [0, 0.05) is 12.6 Å². The van der Waals surface area contributed by atoms with Gasteiger partial charge in [-0.2, -0.15) is 11.8 Å². The van der Waals surface area contributed by atoms with Gasteiger partial charge in [0.2, 0.25) is 0 Å². The van der Waals surface area contributed by atoms with Gasteiger partial charge in [-0.25, -0.2) is 9.37 Å². The van der Waals surface area contributed by atoms with Gasteiger partial charge >= 0.3 is 0 Å². The Bertz CT molecular complexity index is 442. The van der Waals surface area contributed by atoms with E-state index in [2.05, 4.69) is 22.5 Å². The van der Waals surface area contributed by atoms with E-state index in [0.29, 0.717) is 12.4 Å². The second-order valence-electron chi connectivity index (χ2n) is 4.44. The van der Waals surface area contributed by atoms with Crippen LogP contribution in [0.5, 0.6) is 0 Å². The van der Waals surface area contributed by atoms with Crippen LogP contribution < -0.4 is 10.6 Å². The molecule has 0 saturated heterocycles. The van der Waals surface area contributed by atoms with Crippen molar-refractivity contribution >= 4 is 23.5 Å². The van der Waals surface area contributed by atoms with E-state index in [4.69, 9.17) is 0 Å². The molecule has 6 heteroatoms. The molecule has 1 atom stereocenters. The molecule has 1 heterocycles. The van der Waals surface area contributed by atoms with Gasteiger partial charge in [-0.3, -0.25) is 4.79 Å². The summed E-state index contributed by atoms with van der Waals surface area (Å²) in [6.45, 7) is 6.59. The van der Waals surface area contributed by atoms with Crippen molar-refractivity contribution in [3.8, 4) is 0 Å². The highest BCUT2D eigenvalue weighted by Gasteiger charge is 2.15. The number of carbonyl (C=O) groups is 1. The van der Waals surface area contributed by atoms with Gasteiger partial charge in [-0.15, -0.1) is 0 Å². The molecule has 0 saturated carbocycles. The molecule has 0 radical (unpaired) electrons. The predicted octanol–water partition coefficient (Wildman–Crippen LogP) is 2.91. The Balaban J connectivity index is 2.68. The average molecular weight is 299 g/mol. The summed E-state index contributed by atoms with van der Waals surface area (Å²) in [5, 5.41) is 5.85. The van der Waals surface area contributed by atoms with Crippen molar-refractivity contribution in [3.63, 3.8) is 0 Å². The number of nitrogens with zero attached hydrogens (tertiary/aromatic N) is 1. The van der Waals surface area contributed by atoms with Gasteiger partial charge in [0.05, 0.1) is 11.8 Å². The molecule has 20 heavy (non-hydrogen) atoms. The van der Waals surface area contributed by atoms with E-state index < -0.39 is 5.82 Å². The van der Waals surface area contributed by atoms with E-state index in [0.717, 1.165) is 24.1 Å². The molecule has 4 nitrogen and oxygen atoms in total. The zero-order chi connectivity index (χ0) is 15.0. The summed E-state index contributed by atoms with van der Waals surface area (Å²) >= 11 is 1.84. The largest absolute Gasteiger partial charge is 0.370 e. The molecule has 1 unspecified atom stereocenters. The molecule has 0 spiro atoms. The van der Waals surface area contributed by atoms with E-state index in [-0.39, 0.29) is 17.5 Å². The van der Waals surface area contributed by atoms with Crippen LogP contribution in [0.25, 0.3) is 0 Å². The molecule has 0 aliphatic carbocycles. The summed E-state index contributed by atoms with van der Waals surface area (Å²) in [5.74, 6) is 1.69. The first kappa shape index (κ1) is 16.8. The zero-order valence-corrected chi connectivity index (χ0v) is 13.0. The third kappa shape index (κ3) is 5.36. The molecule has 0 bridgehead atoms. The molecule has 1 rings (SSSR count). The van der Waals surface area contributed by atoms with Gasteiger partial charge in [-0.1, -0.05) is 6.92 Å². The van der Waals surface area contributed by atoms with Crippen molar-refractivity contribution in [2.75, 3.05) is 23.4 Å². The first-order chi connectivity index (χ1) is 9.58. The summed E-state index contributed by atoms with van der Waals surface area (Å²) in [5.41, 5.74) is 0.252. The topological polar surface area (TPSA) is 54.0 Å². The fourth-order valence-electron chi connectivity index (χ4n) is 1.70. The number of carbonyl (C=O) groups excluding carboxylic acids is 1. The first-order valence-electron chi connectivity index (χ1n) is 6.86. The van der Waals surface area contributed by atoms with Crippen LogP contribution in [0.2, 0.25) is 0 Å². The SMILES string of the molecule is CCNc1ncc(F)cc1C(=O)NC(C)CCSCC. The summed E-state index contributed by atoms with van der Waals surface area (Å²) in [6, 6.07) is 1.27. The number of hydrogen-bond donors (Lipinski definition) is 2. The van der Waals surface area contributed by atoms with Crippen LogP contribution >= 0.6 is 11.8 Å². The van der Waals surface area contributed by atoms with Crippen LogP contribution in [0.3, 0.4) is 0 Å². The quantitative estimate of drug-likeness (QED) is 0.725. The summed E-state index contributed by atoms with van der Waals surface area (Å²) in [7, 11) is 0. The lowest BCUT2D eigenvalue weighted by Crippen LogP contribution is -2.33. The summed E-state index contributed by atoms with van der Waals surface area (Å²) in [4.78, 5) is 16.1. The average Bonchev–Trinajstić information content (AvgIpc) is 2.41. The van der Waals surface area contributed by atoms with Crippen LogP contribution in [0.4, 0.5) is 10.2 Å². The van der Waals surface area contributed by atoms with Crippen LogP contribution in [0.1, 0.15) is 37.6 Å². The van der Waals surface area contributed by atoms with Crippen LogP contribution in [0.15, 0.2) is 12.3 Å². The lowest BCUT2D eigenvalue weighted by Gasteiger charge is -2.15. The Labute approximate surface area is 123 Å². The fraction of sp³-hybridized carbons (Fsp3) is 0.571. The smallest absolute Gasteiger partial charge is 0.255 e. The van der Waals surface area contributed by atoms with E-state index in [9.17, 15) is 9.18 Å². The minimum Gasteiger partial charge on any atom is -0.370 e. The number of thioether (sulfide) groups is 1. The number of rotatable bonds is 8. The minimum atomic E-state index is -0.508. The Morgan fingerprint density at radius 1 is 1.50 bits per heavy atom. The second-order valence-corrected chi connectivity index (χ2v) is 5.83. The summed E-state index contributed by atoms with van der Waals surface area (Å²) < 4.78 is 13.3. The molecule has 2 N–H and O–H groups in total. The first-order valence-corrected chi connectivity index (χ1v) is 8.02. The molecule has 1 aromatic rings. The number of nitrogens with one attached hydrogen (secondary N) is 2. The highest BCUT2D eigenvalue weighted by atomic mass is 32.2. The van der Waals surface area contributed by atoms with Crippen LogP contribution in [-0.2, 0) is 0 Å². The van der Waals surface area contributed by atoms with Crippen molar-refractivity contribution in [2.45, 2.75) is 33.2 Å². The van der Waals surface area contributed by atoms with E-state index in [1.165, 1.54) is 6.07 Å². The lowest BCUT2D eigenvalue weighted by atomic mass is 10.2. The van der Waals surface area contributed by atoms with Crippen molar-refractivity contribution in [1.82, 2.24) is 10.3 Å². The third-order valence-electron chi connectivity index (χ3n) is 2.72. The Hall–Kier alpha value is -1.30. The third-order valence-corrected chi connectivity index (χ3v) is 3.65. The molecular weight excluding hydrogens is 277 g/mol. The zero-order valence-electron chi connectivity index (χ0n) is 12.2. The Kier molecular flexibility index (Phi) is 7.36. The molecule has 1 aromatic heterocycles. The number of anilines is 1. The maximum Gasteiger partial charge on any atom is 0.255 e. The normalized spacial score (nSPS) is 12.0. The molecule has 1 amide bonds. The van der Waals surface area contributed by atoms with Crippen molar-refractivity contribution in [3.05, 3.63) is 23.6 Å². The van der Waals surface area contributed by atoms with Gasteiger partial charge in [0.25, 0.3) is 5.91 Å². The molecule has 0 aromatic carbocycles. The second kappa shape index (κ2) is 8.79.